The lowest BCUT2D eigenvalue weighted by molar-refractivity contribution is 0.639. The van der Waals surface area contributed by atoms with Gasteiger partial charge in [0.1, 0.15) is 0 Å². The largest absolute Gasteiger partial charge is 0.332 e. The van der Waals surface area contributed by atoms with Crippen molar-refractivity contribution in [2.24, 2.45) is 14.1 Å². The molecule has 0 saturated carbocycles. The van der Waals surface area contributed by atoms with Gasteiger partial charge < -0.3 is 4.57 Å². The molecule has 7 nitrogen and oxygen atoms in total. The van der Waals surface area contributed by atoms with Crippen LogP contribution in [0.3, 0.4) is 0 Å². The molecule has 0 aliphatic carbocycles. The summed E-state index contributed by atoms with van der Waals surface area (Å²) >= 11 is 0. The van der Waals surface area contributed by atoms with Crippen LogP contribution in [0.25, 0.3) is 16.9 Å². The third-order valence-corrected chi connectivity index (χ3v) is 4.85. The van der Waals surface area contributed by atoms with Gasteiger partial charge in [0.25, 0.3) is 5.56 Å². The van der Waals surface area contributed by atoms with Crippen LogP contribution in [0.2, 0.25) is 0 Å². The van der Waals surface area contributed by atoms with E-state index in [1.807, 2.05) is 31.3 Å². The second-order valence-corrected chi connectivity index (χ2v) is 6.39. The van der Waals surface area contributed by atoms with Crippen LogP contribution < -0.4 is 11.2 Å². The van der Waals surface area contributed by atoms with Crippen LogP contribution in [0.5, 0.6) is 0 Å². The van der Waals surface area contributed by atoms with Crippen molar-refractivity contribution in [3.05, 3.63) is 68.6 Å². The third kappa shape index (κ3) is 2.02. The van der Waals surface area contributed by atoms with Crippen LogP contribution in [0, 0.1) is 6.92 Å². The molecule has 1 atom stereocenters. The molecule has 0 radical (unpaired) electrons. The summed E-state index contributed by atoms with van der Waals surface area (Å²) in [6.45, 7) is 4.09. The van der Waals surface area contributed by atoms with Crippen molar-refractivity contribution in [1.82, 2.24) is 23.1 Å². The quantitative estimate of drug-likeness (QED) is 0.558. The SMILES string of the molecule is Cc1cn2c3c(=O)n(C)c(=O)n(C)c3nc2n1[C@H](C)c1ccccc1. The van der Waals surface area contributed by atoms with Crippen molar-refractivity contribution in [2.75, 3.05) is 0 Å². The number of rotatable bonds is 2. The fourth-order valence-corrected chi connectivity index (χ4v) is 3.46. The summed E-state index contributed by atoms with van der Waals surface area (Å²) in [6, 6.07) is 10.2. The van der Waals surface area contributed by atoms with Crippen LogP contribution in [-0.4, -0.2) is 23.1 Å². The fraction of sp³-hybridized carbons (Fsp3) is 0.278. The van der Waals surface area contributed by atoms with E-state index >= 15 is 0 Å². The van der Waals surface area contributed by atoms with Crippen molar-refractivity contribution in [3.63, 3.8) is 0 Å². The van der Waals surface area contributed by atoms with E-state index in [0.29, 0.717) is 16.9 Å². The van der Waals surface area contributed by atoms with Crippen molar-refractivity contribution in [1.29, 1.82) is 0 Å². The maximum atomic E-state index is 12.6. The Morgan fingerprint density at radius 3 is 2.40 bits per heavy atom. The number of aryl methyl sites for hydroxylation is 2. The van der Waals surface area contributed by atoms with Gasteiger partial charge in [0.2, 0.25) is 5.78 Å². The molecule has 0 aliphatic rings. The summed E-state index contributed by atoms with van der Waals surface area (Å²) in [6.07, 6.45) is 1.90. The summed E-state index contributed by atoms with van der Waals surface area (Å²) in [4.78, 5) is 29.4. The Labute approximate surface area is 143 Å². The molecule has 25 heavy (non-hydrogen) atoms. The number of hydrogen-bond donors (Lipinski definition) is 0. The monoisotopic (exact) mass is 337 g/mol. The zero-order valence-electron chi connectivity index (χ0n) is 14.6. The minimum absolute atomic E-state index is 0.0522. The molecule has 3 heterocycles. The van der Waals surface area contributed by atoms with Gasteiger partial charge >= 0.3 is 5.69 Å². The Balaban J connectivity index is 2.10. The molecule has 3 aromatic heterocycles. The van der Waals surface area contributed by atoms with E-state index in [0.717, 1.165) is 15.8 Å². The van der Waals surface area contributed by atoms with Crippen LogP contribution >= 0.6 is 0 Å². The van der Waals surface area contributed by atoms with Gasteiger partial charge in [0, 0.05) is 26.0 Å². The Morgan fingerprint density at radius 2 is 1.72 bits per heavy atom. The van der Waals surface area contributed by atoms with Gasteiger partial charge in [-0.1, -0.05) is 30.3 Å². The molecule has 0 aliphatic heterocycles. The lowest BCUT2D eigenvalue weighted by Gasteiger charge is -2.16. The van der Waals surface area contributed by atoms with Gasteiger partial charge in [-0.15, -0.1) is 0 Å². The second kappa shape index (κ2) is 5.20. The van der Waals surface area contributed by atoms with E-state index in [9.17, 15) is 9.59 Å². The maximum absolute atomic E-state index is 12.6. The zero-order valence-corrected chi connectivity index (χ0v) is 14.6. The van der Waals surface area contributed by atoms with Crippen molar-refractivity contribution in [3.8, 4) is 0 Å². The van der Waals surface area contributed by atoms with Gasteiger partial charge in [0.15, 0.2) is 11.2 Å². The first-order chi connectivity index (χ1) is 11.9. The molecule has 0 spiro atoms. The Bertz CT molecular complexity index is 1220. The molecular formula is C18H19N5O2. The Morgan fingerprint density at radius 1 is 1.04 bits per heavy atom. The van der Waals surface area contributed by atoms with Gasteiger partial charge in [-0.05, 0) is 19.4 Å². The standard InChI is InChI=1S/C18H19N5O2/c1-11-10-22-14-15(20(3)18(25)21(4)16(14)24)19-17(22)23(11)12(2)13-8-6-5-7-9-13/h5-10,12H,1-4H3/t12-/m1/s1. The molecule has 0 saturated heterocycles. The first-order valence-corrected chi connectivity index (χ1v) is 8.12. The highest BCUT2D eigenvalue weighted by atomic mass is 16.2. The minimum atomic E-state index is -0.377. The summed E-state index contributed by atoms with van der Waals surface area (Å²) in [5.74, 6) is 0.655. The lowest BCUT2D eigenvalue weighted by Crippen LogP contribution is -2.37. The molecule has 0 N–H and O–H groups in total. The van der Waals surface area contributed by atoms with E-state index < -0.39 is 0 Å². The van der Waals surface area contributed by atoms with Gasteiger partial charge in [-0.25, -0.2) is 4.79 Å². The smallest absolute Gasteiger partial charge is 0.307 e. The molecule has 0 amide bonds. The normalized spacial score (nSPS) is 13.0. The summed E-state index contributed by atoms with van der Waals surface area (Å²) in [7, 11) is 3.12. The summed E-state index contributed by atoms with van der Waals surface area (Å²) in [5, 5.41) is 0. The fourth-order valence-electron chi connectivity index (χ4n) is 3.46. The first-order valence-electron chi connectivity index (χ1n) is 8.12. The number of nitrogens with zero attached hydrogens (tertiary/aromatic N) is 5. The van der Waals surface area contributed by atoms with E-state index in [2.05, 4.69) is 28.6 Å². The average molecular weight is 337 g/mol. The highest BCUT2D eigenvalue weighted by molar-refractivity contribution is 5.75. The minimum Gasteiger partial charge on any atom is -0.307 e. The number of hydrogen-bond acceptors (Lipinski definition) is 3. The van der Waals surface area contributed by atoms with Gasteiger partial charge in [0.05, 0.1) is 6.04 Å². The van der Waals surface area contributed by atoms with Crippen molar-refractivity contribution in [2.45, 2.75) is 19.9 Å². The predicted octanol–water partition coefficient (Wildman–Crippen LogP) is 1.60. The molecule has 1 aromatic carbocycles. The molecular weight excluding hydrogens is 318 g/mol. The second-order valence-electron chi connectivity index (χ2n) is 6.39. The molecule has 4 rings (SSSR count). The first kappa shape index (κ1) is 15.4. The number of fused-ring (bicyclic) bond motifs is 3. The Kier molecular flexibility index (Phi) is 3.21. The highest BCUT2D eigenvalue weighted by Gasteiger charge is 2.21. The van der Waals surface area contributed by atoms with Crippen molar-refractivity contribution >= 4 is 16.9 Å². The Hall–Kier alpha value is -3.09. The van der Waals surface area contributed by atoms with E-state index in [1.54, 1.807) is 11.4 Å². The van der Waals surface area contributed by atoms with Crippen LogP contribution in [-0.2, 0) is 14.1 Å². The third-order valence-electron chi connectivity index (χ3n) is 4.85. The maximum Gasteiger partial charge on any atom is 0.332 e. The molecule has 4 aromatic rings. The zero-order chi connectivity index (χ0) is 17.9. The van der Waals surface area contributed by atoms with Crippen LogP contribution in [0.15, 0.2) is 46.1 Å². The van der Waals surface area contributed by atoms with Crippen LogP contribution in [0.4, 0.5) is 0 Å². The molecule has 7 heteroatoms. The van der Waals surface area contributed by atoms with Crippen molar-refractivity contribution < 1.29 is 0 Å². The topological polar surface area (TPSA) is 66.2 Å². The van der Waals surface area contributed by atoms with E-state index in [4.69, 9.17) is 0 Å². The molecule has 128 valence electrons. The summed E-state index contributed by atoms with van der Waals surface area (Å²) < 4.78 is 6.39. The summed E-state index contributed by atoms with van der Waals surface area (Å²) in [5.41, 5.74) is 2.25. The number of aromatic nitrogens is 5. The van der Waals surface area contributed by atoms with Crippen LogP contribution in [0.1, 0.15) is 24.2 Å². The molecule has 0 fully saturated rings. The predicted molar refractivity (Wildman–Crippen MR) is 96.2 cm³/mol. The number of benzene rings is 1. The highest BCUT2D eigenvalue weighted by Crippen LogP contribution is 2.25. The van der Waals surface area contributed by atoms with E-state index in [1.165, 1.54) is 11.6 Å². The average Bonchev–Trinajstić information content (AvgIpc) is 3.13. The molecule has 0 unspecified atom stereocenters. The number of imidazole rings is 2. The lowest BCUT2D eigenvalue weighted by atomic mass is 10.1. The van der Waals surface area contributed by atoms with Gasteiger partial charge in [-0.2, -0.15) is 4.98 Å². The van der Waals surface area contributed by atoms with Gasteiger partial charge in [-0.3, -0.25) is 18.3 Å². The van der Waals surface area contributed by atoms with E-state index in [-0.39, 0.29) is 17.3 Å². The molecule has 0 bridgehead atoms.